The van der Waals surface area contributed by atoms with Crippen LogP contribution in [-0.2, 0) is 0 Å². The molecule has 1 atom stereocenters. The van der Waals surface area contributed by atoms with Gasteiger partial charge >= 0.3 is 0 Å². The number of nitrogens with one attached hydrogen (secondary N) is 1. The molecule has 4 heteroatoms. The molecule has 2 heterocycles. The van der Waals surface area contributed by atoms with Gasteiger partial charge in [-0.05, 0) is 45.2 Å². The van der Waals surface area contributed by atoms with Crippen LogP contribution in [0.2, 0.25) is 0 Å². The Balaban J connectivity index is 2.06. The Morgan fingerprint density at radius 3 is 2.90 bits per heavy atom. The van der Waals surface area contributed by atoms with E-state index in [0.717, 1.165) is 27.2 Å². The molecule has 0 radical (unpaired) electrons. The van der Waals surface area contributed by atoms with Gasteiger partial charge < -0.3 is 5.32 Å². The first-order chi connectivity index (χ1) is 9.69. The Kier molecular flexibility index (Phi) is 3.51. The molecule has 0 amide bonds. The molecular weight excluding hydrogens is 266 g/mol. The molecule has 20 heavy (non-hydrogen) atoms. The molecule has 0 fully saturated rings. The Morgan fingerprint density at radius 2 is 2.10 bits per heavy atom. The summed E-state index contributed by atoms with van der Waals surface area (Å²) >= 11 is 1.76. The lowest BCUT2D eigenvalue weighted by molar-refractivity contribution is 0.658. The minimum atomic E-state index is 0.336. The largest absolute Gasteiger partial charge is 0.312 e. The van der Waals surface area contributed by atoms with Gasteiger partial charge in [0.25, 0.3) is 0 Å². The van der Waals surface area contributed by atoms with Crippen LogP contribution >= 0.6 is 11.3 Å². The standard InChI is InChI=1S/C16H17N3S/c1-10(17-3)15-11(2)19-16(20-15)13-6-7-14-12(9-13)5-4-8-18-14/h4-10,17H,1-3H3. The van der Waals surface area contributed by atoms with Gasteiger partial charge in [0.2, 0.25) is 0 Å². The molecule has 3 aromatic rings. The van der Waals surface area contributed by atoms with Crippen LogP contribution in [0.3, 0.4) is 0 Å². The Morgan fingerprint density at radius 1 is 1.25 bits per heavy atom. The summed E-state index contributed by atoms with van der Waals surface area (Å²) < 4.78 is 0. The van der Waals surface area contributed by atoms with Crippen LogP contribution in [-0.4, -0.2) is 17.0 Å². The summed E-state index contributed by atoms with van der Waals surface area (Å²) in [6, 6.07) is 10.7. The highest BCUT2D eigenvalue weighted by molar-refractivity contribution is 7.15. The van der Waals surface area contributed by atoms with Crippen molar-refractivity contribution in [2.45, 2.75) is 19.9 Å². The molecular formula is C16H17N3S. The number of rotatable bonds is 3. The van der Waals surface area contributed by atoms with Gasteiger partial charge in [-0.3, -0.25) is 4.98 Å². The lowest BCUT2D eigenvalue weighted by Crippen LogP contribution is -2.11. The van der Waals surface area contributed by atoms with Gasteiger partial charge in [0.1, 0.15) is 5.01 Å². The zero-order chi connectivity index (χ0) is 14.1. The Labute approximate surface area is 122 Å². The van der Waals surface area contributed by atoms with E-state index < -0.39 is 0 Å². The van der Waals surface area contributed by atoms with Crippen molar-refractivity contribution in [3.8, 4) is 10.6 Å². The summed E-state index contributed by atoms with van der Waals surface area (Å²) in [6.45, 7) is 4.24. The second kappa shape index (κ2) is 5.31. The van der Waals surface area contributed by atoms with E-state index in [4.69, 9.17) is 4.98 Å². The molecule has 3 rings (SSSR count). The van der Waals surface area contributed by atoms with Gasteiger partial charge in [-0.1, -0.05) is 6.07 Å². The van der Waals surface area contributed by atoms with Crippen LogP contribution in [0.1, 0.15) is 23.5 Å². The van der Waals surface area contributed by atoms with Crippen molar-refractivity contribution >= 4 is 22.2 Å². The molecule has 0 spiro atoms. The molecule has 3 nitrogen and oxygen atoms in total. The number of hydrogen-bond acceptors (Lipinski definition) is 4. The van der Waals surface area contributed by atoms with Crippen molar-refractivity contribution in [1.29, 1.82) is 0 Å². The molecule has 2 aromatic heterocycles. The maximum absolute atomic E-state index is 4.71. The van der Waals surface area contributed by atoms with Gasteiger partial charge in [-0.25, -0.2) is 4.98 Å². The third kappa shape index (κ3) is 2.32. The second-order valence-corrected chi connectivity index (χ2v) is 5.92. The Hall–Kier alpha value is -1.78. The number of nitrogens with zero attached hydrogens (tertiary/aromatic N) is 2. The van der Waals surface area contributed by atoms with Crippen LogP contribution < -0.4 is 5.32 Å². The number of thiazole rings is 1. The number of benzene rings is 1. The molecule has 0 bridgehead atoms. The first-order valence-corrected chi connectivity index (χ1v) is 7.50. The van der Waals surface area contributed by atoms with Gasteiger partial charge in [0.05, 0.1) is 11.2 Å². The molecule has 1 unspecified atom stereocenters. The zero-order valence-corrected chi connectivity index (χ0v) is 12.7. The van der Waals surface area contributed by atoms with Gasteiger partial charge in [0, 0.05) is 28.1 Å². The van der Waals surface area contributed by atoms with E-state index in [1.807, 2.05) is 19.3 Å². The Bertz CT molecular complexity index is 748. The number of aryl methyl sites for hydroxylation is 1. The van der Waals surface area contributed by atoms with E-state index in [-0.39, 0.29) is 0 Å². The normalized spacial score (nSPS) is 12.8. The summed E-state index contributed by atoms with van der Waals surface area (Å²) in [5.74, 6) is 0. The van der Waals surface area contributed by atoms with E-state index in [2.05, 4.69) is 48.4 Å². The van der Waals surface area contributed by atoms with Crippen molar-refractivity contribution in [3.05, 3.63) is 47.1 Å². The molecule has 102 valence electrons. The molecule has 1 aromatic carbocycles. The monoisotopic (exact) mass is 283 g/mol. The van der Waals surface area contributed by atoms with Crippen LogP contribution in [0, 0.1) is 6.92 Å². The van der Waals surface area contributed by atoms with E-state index in [1.165, 1.54) is 4.88 Å². The topological polar surface area (TPSA) is 37.8 Å². The number of pyridine rings is 1. The van der Waals surface area contributed by atoms with E-state index in [9.17, 15) is 0 Å². The average Bonchev–Trinajstić information content (AvgIpc) is 2.88. The van der Waals surface area contributed by atoms with E-state index in [0.29, 0.717) is 6.04 Å². The molecule has 0 saturated heterocycles. The van der Waals surface area contributed by atoms with Crippen LogP contribution in [0.15, 0.2) is 36.5 Å². The second-order valence-electron chi connectivity index (χ2n) is 4.89. The van der Waals surface area contributed by atoms with Gasteiger partial charge in [0.15, 0.2) is 0 Å². The van der Waals surface area contributed by atoms with Crippen LogP contribution in [0.25, 0.3) is 21.5 Å². The predicted molar refractivity (Wildman–Crippen MR) is 85.1 cm³/mol. The third-order valence-corrected chi connectivity index (χ3v) is 4.90. The highest BCUT2D eigenvalue weighted by Gasteiger charge is 2.14. The third-order valence-electron chi connectivity index (χ3n) is 3.51. The highest BCUT2D eigenvalue weighted by atomic mass is 32.1. The number of aromatic nitrogens is 2. The van der Waals surface area contributed by atoms with Crippen molar-refractivity contribution in [2.24, 2.45) is 0 Å². The van der Waals surface area contributed by atoms with Crippen LogP contribution in [0.4, 0.5) is 0 Å². The molecule has 0 aliphatic heterocycles. The average molecular weight is 283 g/mol. The maximum atomic E-state index is 4.71. The highest BCUT2D eigenvalue weighted by Crippen LogP contribution is 2.32. The van der Waals surface area contributed by atoms with Crippen molar-refractivity contribution < 1.29 is 0 Å². The molecule has 0 aliphatic rings. The van der Waals surface area contributed by atoms with E-state index in [1.54, 1.807) is 11.3 Å². The van der Waals surface area contributed by atoms with Crippen molar-refractivity contribution in [3.63, 3.8) is 0 Å². The predicted octanol–water partition coefficient (Wildman–Crippen LogP) is 3.95. The summed E-state index contributed by atoms with van der Waals surface area (Å²) in [5, 5.41) is 5.51. The first-order valence-electron chi connectivity index (χ1n) is 6.69. The van der Waals surface area contributed by atoms with Gasteiger partial charge in [-0.2, -0.15) is 0 Å². The minimum absolute atomic E-state index is 0.336. The van der Waals surface area contributed by atoms with Crippen molar-refractivity contribution in [1.82, 2.24) is 15.3 Å². The fraction of sp³-hybridized carbons (Fsp3) is 0.250. The number of hydrogen-bond donors (Lipinski definition) is 1. The first kappa shape index (κ1) is 13.2. The van der Waals surface area contributed by atoms with E-state index >= 15 is 0 Å². The lowest BCUT2D eigenvalue weighted by Gasteiger charge is -2.07. The van der Waals surface area contributed by atoms with Gasteiger partial charge in [-0.15, -0.1) is 11.3 Å². The molecule has 0 saturated carbocycles. The fourth-order valence-corrected chi connectivity index (χ4v) is 3.40. The summed E-state index contributed by atoms with van der Waals surface area (Å²) in [4.78, 5) is 10.4. The maximum Gasteiger partial charge on any atom is 0.123 e. The summed E-state index contributed by atoms with van der Waals surface area (Å²) in [5.41, 5.74) is 3.29. The summed E-state index contributed by atoms with van der Waals surface area (Å²) in [7, 11) is 1.98. The minimum Gasteiger partial charge on any atom is -0.312 e. The van der Waals surface area contributed by atoms with Crippen molar-refractivity contribution in [2.75, 3.05) is 7.05 Å². The van der Waals surface area contributed by atoms with Crippen LogP contribution in [0.5, 0.6) is 0 Å². The zero-order valence-electron chi connectivity index (χ0n) is 11.8. The quantitative estimate of drug-likeness (QED) is 0.791. The SMILES string of the molecule is CNC(C)c1sc(-c2ccc3ncccc3c2)nc1C. The summed E-state index contributed by atoms with van der Waals surface area (Å²) in [6.07, 6.45) is 1.82. The smallest absolute Gasteiger partial charge is 0.123 e. The molecule has 1 N–H and O–H groups in total. The lowest BCUT2D eigenvalue weighted by atomic mass is 10.1. The molecule has 0 aliphatic carbocycles. The fourth-order valence-electron chi connectivity index (χ4n) is 2.27. The number of fused-ring (bicyclic) bond motifs is 1.